The quantitative estimate of drug-likeness (QED) is 0.468. The predicted molar refractivity (Wildman–Crippen MR) is 127 cm³/mol. The third kappa shape index (κ3) is 5.55. The van der Waals surface area contributed by atoms with Gasteiger partial charge in [-0.05, 0) is 31.0 Å². The Hall–Kier alpha value is -2.89. The molecule has 3 aromatic rings. The number of amides is 1. The summed E-state index contributed by atoms with van der Waals surface area (Å²) in [6, 6.07) is 14.1. The fourth-order valence-electron chi connectivity index (χ4n) is 3.55. The lowest BCUT2D eigenvalue weighted by Crippen LogP contribution is -2.35. The van der Waals surface area contributed by atoms with Gasteiger partial charge in [0.15, 0.2) is 5.82 Å². The largest absolute Gasteiger partial charge is 0.495 e. The summed E-state index contributed by atoms with van der Waals surface area (Å²) in [6.45, 7) is 1.02. The number of H-pyrrole nitrogens is 1. The van der Waals surface area contributed by atoms with Crippen molar-refractivity contribution in [3.8, 4) is 17.1 Å². The number of sulfonamides is 1. The number of carbonyl (C=O) groups excluding carboxylic acids is 1. The van der Waals surface area contributed by atoms with Crippen LogP contribution in [-0.4, -0.2) is 59.8 Å². The highest BCUT2D eigenvalue weighted by Crippen LogP contribution is 2.30. The molecule has 0 radical (unpaired) electrons. The van der Waals surface area contributed by atoms with Gasteiger partial charge in [-0.1, -0.05) is 48.5 Å². The number of aromatic nitrogens is 3. The van der Waals surface area contributed by atoms with Crippen LogP contribution in [-0.2, 0) is 14.8 Å². The SMILES string of the molecule is COc1ccc(S(=O)(=O)N2CCCCC2)cc1NC(=O)CSc1n[nH]c(-c2ccccc2)n1. The van der Waals surface area contributed by atoms with Gasteiger partial charge in [-0.15, -0.1) is 5.10 Å². The van der Waals surface area contributed by atoms with Gasteiger partial charge in [0.1, 0.15) is 5.75 Å². The lowest BCUT2D eigenvalue weighted by Gasteiger charge is -2.26. The van der Waals surface area contributed by atoms with E-state index in [1.54, 1.807) is 6.07 Å². The second-order valence-electron chi connectivity index (χ2n) is 7.50. The summed E-state index contributed by atoms with van der Waals surface area (Å²) in [5.74, 6) is 0.737. The van der Waals surface area contributed by atoms with Crippen molar-refractivity contribution >= 4 is 33.4 Å². The number of hydrogen-bond acceptors (Lipinski definition) is 7. The zero-order chi connectivity index (χ0) is 23.3. The average molecular weight is 488 g/mol. The summed E-state index contributed by atoms with van der Waals surface area (Å²) in [6.07, 6.45) is 2.73. The van der Waals surface area contributed by atoms with Crippen molar-refractivity contribution in [1.29, 1.82) is 0 Å². The van der Waals surface area contributed by atoms with Crippen LogP contribution in [0.1, 0.15) is 19.3 Å². The highest BCUT2D eigenvalue weighted by atomic mass is 32.2. The van der Waals surface area contributed by atoms with Crippen molar-refractivity contribution in [1.82, 2.24) is 19.5 Å². The van der Waals surface area contributed by atoms with Gasteiger partial charge >= 0.3 is 0 Å². The normalized spacial score (nSPS) is 14.7. The van der Waals surface area contributed by atoms with E-state index >= 15 is 0 Å². The smallest absolute Gasteiger partial charge is 0.243 e. The van der Waals surface area contributed by atoms with Crippen LogP contribution >= 0.6 is 11.8 Å². The molecule has 1 saturated heterocycles. The summed E-state index contributed by atoms with van der Waals surface area (Å²) < 4.78 is 32.8. The first-order valence-corrected chi connectivity index (χ1v) is 13.0. The van der Waals surface area contributed by atoms with Gasteiger partial charge in [-0.2, -0.15) is 4.31 Å². The fraction of sp³-hybridized carbons (Fsp3) is 0.318. The van der Waals surface area contributed by atoms with Crippen molar-refractivity contribution in [2.75, 3.05) is 31.3 Å². The van der Waals surface area contributed by atoms with Crippen LogP contribution in [0.25, 0.3) is 11.4 Å². The van der Waals surface area contributed by atoms with Gasteiger partial charge < -0.3 is 10.1 Å². The lowest BCUT2D eigenvalue weighted by molar-refractivity contribution is -0.113. The van der Waals surface area contributed by atoms with E-state index in [0.717, 1.165) is 24.8 Å². The monoisotopic (exact) mass is 487 g/mol. The van der Waals surface area contributed by atoms with Gasteiger partial charge in [0.2, 0.25) is 21.1 Å². The molecule has 1 aliphatic heterocycles. The number of hydrogen-bond donors (Lipinski definition) is 2. The lowest BCUT2D eigenvalue weighted by atomic mass is 10.2. The van der Waals surface area contributed by atoms with Crippen LogP contribution < -0.4 is 10.1 Å². The third-order valence-electron chi connectivity index (χ3n) is 5.24. The molecule has 11 heteroatoms. The molecule has 0 spiro atoms. The number of nitrogens with zero attached hydrogens (tertiary/aromatic N) is 3. The minimum Gasteiger partial charge on any atom is -0.495 e. The Morgan fingerprint density at radius 1 is 1.15 bits per heavy atom. The zero-order valence-corrected chi connectivity index (χ0v) is 19.8. The van der Waals surface area contributed by atoms with E-state index in [4.69, 9.17) is 4.74 Å². The summed E-state index contributed by atoms with van der Waals surface area (Å²) in [5, 5.41) is 10.2. The van der Waals surface area contributed by atoms with Gasteiger partial charge in [0.25, 0.3) is 0 Å². The van der Waals surface area contributed by atoms with Crippen molar-refractivity contribution in [3.05, 3.63) is 48.5 Å². The second kappa shape index (κ2) is 10.4. The molecule has 2 N–H and O–H groups in total. The molecular weight excluding hydrogens is 462 g/mol. The van der Waals surface area contributed by atoms with Crippen molar-refractivity contribution in [2.24, 2.45) is 0 Å². The van der Waals surface area contributed by atoms with E-state index < -0.39 is 10.0 Å². The molecule has 0 bridgehead atoms. The Balaban J connectivity index is 1.43. The molecule has 0 saturated carbocycles. The molecule has 4 rings (SSSR count). The first-order chi connectivity index (χ1) is 16.0. The van der Waals surface area contributed by atoms with E-state index in [9.17, 15) is 13.2 Å². The highest BCUT2D eigenvalue weighted by molar-refractivity contribution is 7.99. The minimum atomic E-state index is -3.63. The van der Waals surface area contributed by atoms with E-state index in [1.165, 1.54) is 35.3 Å². The van der Waals surface area contributed by atoms with Crippen LogP contribution in [0.3, 0.4) is 0 Å². The van der Waals surface area contributed by atoms with Crippen LogP contribution in [0.15, 0.2) is 58.6 Å². The zero-order valence-electron chi connectivity index (χ0n) is 18.2. The molecule has 0 unspecified atom stereocenters. The molecule has 2 heterocycles. The molecular formula is C22H25N5O4S2. The standard InChI is InChI=1S/C22H25N5O4S2/c1-31-19-11-10-17(33(29,30)27-12-6-3-7-13-27)14-18(19)23-20(28)15-32-22-24-21(25-26-22)16-8-4-2-5-9-16/h2,4-5,8-11,14H,3,6-7,12-13,15H2,1H3,(H,23,28)(H,24,25,26). The summed E-state index contributed by atoms with van der Waals surface area (Å²) >= 11 is 1.18. The number of aromatic amines is 1. The van der Waals surface area contributed by atoms with Crippen molar-refractivity contribution in [2.45, 2.75) is 29.3 Å². The first-order valence-electron chi connectivity index (χ1n) is 10.6. The molecule has 1 amide bonds. The van der Waals surface area contributed by atoms with Crippen LogP contribution in [0, 0.1) is 0 Å². The van der Waals surface area contributed by atoms with Gasteiger partial charge in [0, 0.05) is 18.7 Å². The Morgan fingerprint density at radius 2 is 1.91 bits per heavy atom. The van der Waals surface area contributed by atoms with Gasteiger partial charge in [-0.3, -0.25) is 9.89 Å². The van der Waals surface area contributed by atoms with Crippen LogP contribution in [0.2, 0.25) is 0 Å². The number of methoxy groups -OCH3 is 1. The number of thioether (sulfide) groups is 1. The van der Waals surface area contributed by atoms with Crippen LogP contribution in [0.5, 0.6) is 5.75 Å². The number of piperidine rings is 1. The summed E-state index contributed by atoms with van der Waals surface area (Å²) in [5.41, 5.74) is 1.21. The predicted octanol–water partition coefficient (Wildman–Crippen LogP) is 3.39. The van der Waals surface area contributed by atoms with Gasteiger partial charge in [-0.25, -0.2) is 13.4 Å². The molecule has 33 heavy (non-hydrogen) atoms. The Kier molecular flexibility index (Phi) is 7.31. The summed E-state index contributed by atoms with van der Waals surface area (Å²) in [7, 11) is -2.16. The van der Waals surface area contributed by atoms with Crippen molar-refractivity contribution in [3.63, 3.8) is 0 Å². The van der Waals surface area contributed by atoms with E-state index in [0.29, 0.717) is 35.5 Å². The molecule has 1 aliphatic rings. The Labute approximate surface area is 197 Å². The Bertz CT molecular complexity index is 1210. The number of carbonyl (C=O) groups is 1. The molecule has 0 atom stereocenters. The van der Waals surface area contributed by atoms with Gasteiger partial charge in [0.05, 0.1) is 23.4 Å². The number of benzene rings is 2. The number of anilines is 1. The molecule has 2 aromatic carbocycles. The van der Waals surface area contributed by atoms with Crippen LogP contribution in [0.4, 0.5) is 5.69 Å². The van der Waals surface area contributed by atoms with Crippen molar-refractivity contribution < 1.29 is 17.9 Å². The minimum absolute atomic E-state index is 0.0539. The molecule has 1 aromatic heterocycles. The molecule has 9 nitrogen and oxygen atoms in total. The second-order valence-corrected chi connectivity index (χ2v) is 10.4. The fourth-order valence-corrected chi connectivity index (χ4v) is 5.69. The van der Waals surface area contributed by atoms with E-state index in [-0.39, 0.29) is 16.6 Å². The maximum Gasteiger partial charge on any atom is 0.243 e. The molecule has 174 valence electrons. The summed E-state index contributed by atoms with van der Waals surface area (Å²) in [4.78, 5) is 17.1. The topological polar surface area (TPSA) is 117 Å². The maximum atomic E-state index is 13.0. The number of nitrogens with one attached hydrogen (secondary N) is 2. The molecule has 1 fully saturated rings. The van der Waals surface area contributed by atoms with E-state index in [2.05, 4.69) is 20.5 Å². The highest BCUT2D eigenvalue weighted by Gasteiger charge is 2.27. The maximum absolute atomic E-state index is 13.0. The molecule has 0 aliphatic carbocycles. The first kappa shape index (κ1) is 23.3. The third-order valence-corrected chi connectivity index (χ3v) is 7.98. The number of ether oxygens (including phenoxy) is 1. The number of rotatable bonds is 8. The average Bonchev–Trinajstić information content (AvgIpc) is 3.33. The Morgan fingerprint density at radius 3 is 2.64 bits per heavy atom. The van der Waals surface area contributed by atoms with E-state index in [1.807, 2.05) is 30.3 Å².